The van der Waals surface area contributed by atoms with Crippen LogP contribution in [-0.4, -0.2) is 71.8 Å². The van der Waals surface area contributed by atoms with E-state index < -0.39 is 13.0 Å². The summed E-state index contributed by atoms with van der Waals surface area (Å²) in [6.07, 6.45) is 0. The van der Waals surface area contributed by atoms with Crippen LogP contribution in [0, 0.1) is 34.6 Å². The number of aromatic nitrogens is 1. The third kappa shape index (κ3) is 5.22. The Kier molecular flexibility index (Phi) is 8.45. The molecule has 0 fully saturated rings. The molecule has 0 bridgehead atoms. The first-order chi connectivity index (χ1) is 21.4. The molecule has 9 heteroatoms. The zero-order valence-corrected chi connectivity index (χ0v) is 30.7. The van der Waals surface area contributed by atoms with Gasteiger partial charge < -0.3 is 0 Å². The number of benzene rings is 3. The minimum absolute atomic E-state index is 0.132. The molecule has 0 saturated carbocycles. The average Bonchev–Trinajstić information content (AvgIpc) is 3.40. The Morgan fingerprint density at radius 1 is 0.756 bits per heavy atom. The van der Waals surface area contributed by atoms with Crippen LogP contribution in [0.2, 0.25) is 0 Å². The number of ether oxygens (including phenoxy) is 2. The third-order valence-corrected chi connectivity index (χ3v) is 14.9. The topological polar surface area (TPSA) is 26.4 Å². The maximum atomic E-state index is 17.3. The normalized spacial score (nSPS) is 18.7. The van der Waals surface area contributed by atoms with Gasteiger partial charge in [-0.1, -0.05) is 0 Å². The van der Waals surface area contributed by atoms with Crippen LogP contribution < -0.4 is 22.9 Å². The second kappa shape index (κ2) is 11.9. The van der Waals surface area contributed by atoms with Crippen molar-refractivity contribution in [2.45, 2.75) is 60.4 Å². The Labute approximate surface area is 277 Å². The Hall–Kier alpha value is -3.09. The molecule has 0 N–H and O–H groups in total. The molecule has 3 aromatic carbocycles. The van der Waals surface area contributed by atoms with Crippen molar-refractivity contribution in [1.29, 1.82) is 0 Å². The van der Waals surface area contributed by atoms with Crippen molar-refractivity contribution >= 4 is 56.0 Å². The number of nitrogens with zero attached hydrogens (tertiary/aromatic N) is 2. The van der Waals surface area contributed by atoms with Gasteiger partial charge in [0, 0.05) is 0 Å². The average molecular weight is 738 g/mol. The van der Waals surface area contributed by atoms with Gasteiger partial charge >= 0.3 is 279 Å². The molecule has 2 unspecified atom stereocenters. The van der Waals surface area contributed by atoms with Crippen molar-refractivity contribution in [3.63, 3.8) is 0 Å². The van der Waals surface area contributed by atoms with Crippen LogP contribution in [0.25, 0.3) is 0 Å². The number of allylic oxidation sites excluding steroid dienone is 1. The van der Waals surface area contributed by atoms with Crippen LogP contribution in [-0.2, 0) is 0 Å². The fourth-order valence-corrected chi connectivity index (χ4v) is 11.8. The molecule has 0 amide bonds. The number of methoxy groups -OCH3 is 2. The predicted octanol–water partition coefficient (Wildman–Crippen LogP) is 5.23. The fourth-order valence-electron chi connectivity index (χ4n) is 7.51. The van der Waals surface area contributed by atoms with E-state index in [9.17, 15) is 0 Å². The zero-order valence-electron chi connectivity index (χ0n) is 27.3. The Morgan fingerprint density at radius 2 is 1.27 bits per heavy atom. The molecule has 234 valence electrons. The first kappa shape index (κ1) is 31.9. The SMILES string of the molecule is COc1ccc([Se]C2=C(C)C3C(c4c(C)cc(C)cc4C)c4c(C)c([Se]c5ccc(OC)cc5)c(C)n4[B-](F)(F)[N+]3=C2C)cc1. The number of halogens is 2. The summed E-state index contributed by atoms with van der Waals surface area (Å²) in [5.74, 6) is 1.35. The van der Waals surface area contributed by atoms with E-state index in [1.165, 1.54) is 14.5 Å². The van der Waals surface area contributed by atoms with Gasteiger partial charge in [0.05, 0.1) is 0 Å². The molecular weight excluding hydrogens is 699 g/mol. The second-order valence-corrected chi connectivity index (χ2v) is 16.7. The molecule has 0 radical (unpaired) electrons. The summed E-state index contributed by atoms with van der Waals surface area (Å²) >= 11 is -0.275. The van der Waals surface area contributed by atoms with Gasteiger partial charge in [0.1, 0.15) is 0 Å². The maximum absolute atomic E-state index is 17.3. The van der Waals surface area contributed by atoms with E-state index in [1.54, 1.807) is 14.2 Å². The van der Waals surface area contributed by atoms with Crippen molar-refractivity contribution in [1.82, 2.24) is 4.48 Å². The van der Waals surface area contributed by atoms with Crippen molar-refractivity contribution in [2.75, 3.05) is 14.2 Å². The second-order valence-electron chi connectivity index (χ2n) is 12.2. The van der Waals surface area contributed by atoms with Crippen LogP contribution in [0.3, 0.4) is 0 Å². The monoisotopic (exact) mass is 740 g/mol. The van der Waals surface area contributed by atoms with Gasteiger partial charge in [-0.05, 0) is 0 Å². The molecule has 0 spiro atoms. The van der Waals surface area contributed by atoms with Gasteiger partial charge in [-0.25, -0.2) is 0 Å². The minimum atomic E-state index is -4.10. The standard InChI is InChI=1S/C36H39BF2N2O2Se2/c1-20-18-21(2)31(22(3)19-20)32-33-23(4)35(44-29-14-10-27(42-8)11-15-29)25(6)40(33)37(38,39)41-26(7)36(24(5)34(32)41)45-30-16-12-28(43-9)13-17-30/h10-19,32-33H,1-9H3. The molecule has 2 atom stereocenters. The van der Waals surface area contributed by atoms with E-state index in [2.05, 4.69) is 71.0 Å². The summed E-state index contributed by atoms with van der Waals surface area (Å²) in [6, 6.07) is 20.0. The molecule has 0 aliphatic carbocycles. The molecule has 4 aromatic rings. The quantitative estimate of drug-likeness (QED) is 0.243. The van der Waals surface area contributed by atoms with Gasteiger partial charge in [-0.15, -0.1) is 0 Å². The van der Waals surface area contributed by atoms with Crippen LogP contribution in [0.5, 0.6) is 11.5 Å². The van der Waals surface area contributed by atoms with Crippen molar-refractivity contribution in [3.8, 4) is 11.5 Å². The fraction of sp³-hybridized carbons (Fsp3) is 0.306. The Morgan fingerprint density at radius 3 is 1.78 bits per heavy atom. The molecule has 2 aliphatic heterocycles. The summed E-state index contributed by atoms with van der Waals surface area (Å²) in [4.78, 5) is 0. The van der Waals surface area contributed by atoms with Crippen molar-refractivity contribution < 1.29 is 22.6 Å². The van der Waals surface area contributed by atoms with E-state index in [-0.39, 0.29) is 35.8 Å². The molecule has 45 heavy (non-hydrogen) atoms. The van der Waals surface area contributed by atoms with E-state index >= 15 is 8.63 Å². The van der Waals surface area contributed by atoms with E-state index in [0.29, 0.717) is 11.4 Å². The number of rotatable bonds is 7. The molecule has 1 aromatic heterocycles. The van der Waals surface area contributed by atoms with Gasteiger partial charge in [0.25, 0.3) is 0 Å². The molecule has 0 saturated heterocycles. The van der Waals surface area contributed by atoms with Gasteiger partial charge in [-0.3, -0.25) is 0 Å². The molecule has 6 rings (SSSR count). The van der Waals surface area contributed by atoms with Gasteiger partial charge in [0.15, 0.2) is 0 Å². The summed E-state index contributed by atoms with van der Waals surface area (Å²) in [5.41, 5.74) is 8.85. The van der Waals surface area contributed by atoms with Crippen LogP contribution in [0.4, 0.5) is 8.63 Å². The number of hydrogen-bond donors (Lipinski definition) is 0. The van der Waals surface area contributed by atoms with E-state index in [0.717, 1.165) is 62.9 Å². The van der Waals surface area contributed by atoms with Gasteiger partial charge in [-0.2, -0.15) is 0 Å². The van der Waals surface area contributed by atoms with Crippen LogP contribution >= 0.6 is 0 Å². The summed E-state index contributed by atoms with van der Waals surface area (Å²) < 4.78 is 52.7. The summed E-state index contributed by atoms with van der Waals surface area (Å²) in [6.45, 7) is 10.3. The van der Waals surface area contributed by atoms with Crippen LogP contribution in [0.1, 0.15) is 59.0 Å². The van der Waals surface area contributed by atoms with Crippen LogP contribution in [0.15, 0.2) is 70.7 Å². The summed E-state index contributed by atoms with van der Waals surface area (Å²) in [7, 11) is 3.31. The van der Waals surface area contributed by atoms with Gasteiger partial charge in [0.2, 0.25) is 0 Å². The first-order valence-electron chi connectivity index (χ1n) is 15.2. The predicted molar refractivity (Wildman–Crippen MR) is 184 cm³/mol. The number of aryl methyl sites for hydroxylation is 3. The van der Waals surface area contributed by atoms with E-state index in [1.807, 2.05) is 38.1 Å². The van der Waals surface area contributed by atoms with E-state index in [4.69, 9.17) is 9.47 Å². The Bertz CT molecular complexity index is 1860. The molecule has 4 nitrogen and oxygen atoms in total. The van der Waals surface area contributed by atoms with Crippen molar-refractivity contribution in [2.24, 2.45) is 0 Å². The molecular formula is C36H39BF2N2O2Se2. The number of fused-ring (bicyclic) bond motifs is 2. The summed E-state index contributed by atoms with van der Waals surface area (Å²) in [5, 5.41) is 0. The Balaban J connectivity index is 1.58. The molecule has 3 heterocycles. The first-order valence-corrected chi connectivity index (χ1v) is 18.6. The van der Waals surface area contributed by atoms with Crippen molar-refractivity contribution in [3.05, 3.63) is 110 Å². The zero-order chi connectivity index (χ0) is 32.4. The molecule has 2 aliphatic rings. The third-order valence-electron chi connectivity index (χ3n) is 9.36. The number of hydrogen-bond acceptors (Lipinski definition) is 2.